The highest BCUT2D eigenvalue weighted by atomic mass is 19.3. The second-order valence-corrected chi connectivity index (χ2v) is 6.52. The predicted octanol–water partition coefficient (Wildman–Crippen LogP) is 1.46. The topological polar surface area (TPSA) is 65.7 Å². The molecule has 0 aromatic heterocycles. The lowest BCUT2D eigenvalue weighted by molar-refractivity contribution is -0.329. The molecule has 0 amide bonds. The lowest BCUT2D eigenvalue weighted by Crippen LogP contribution is -2.66. The fourth-order valence-corrected chi connectivity index (χ4v) is 3.14. The van der Waals surface area contributed by atoms with Crippen molar-refractivity contribution in [3.05, 3.63) is 0 Å². The lowest BCUT2D eigenvalue weighted by atomic mass is 9.61. The summed E-state index contributed by atoms with van der Waals surface area (Å²) in [5.74, 6) is -3.84. The Morgan fingerprint density at radius 1 is 1.19 bits per heavy atom. The third kappa shape index (κ3) is 2.70. The molecule has 21 heavy (non-hydrogen) atoms. The summed E-state index contributed by atoms with van der Waals surface area (Å²) in [6, 6.07) is 0. The normalized spacial score (nSPS) is 37.6. The Kier molecular flexibility index (Phi) is 4.36. The zero-order chi connectivity index (χ0) is 15.9. The highest BCUT2D eigenvalue weighted by molar-refractivity contribution is 5.07. The van der Waals surface area contributed by atoms with Gasteiger partial charge in [0.15, 0.2) is 5.72 Å². The van der Waals surface area contributed by atoms with Gasteiger partial charge < -0.3 is 19.5 Å². The quantitative estimate of drug-likeness (QED) is 0.753. The van der Waals surface area contributed by atoms with Crippen molar-refractivity contribution in [2.75, 3.05) is 27.3 Å². The van der Waals surface area contributed by atoms with E-state index in [0.29, 0.717) is 25.9 Å². The van der Waals surface area contributed by atoms with Gasteiger partial charge in [-0.05, 0) is 26.7 Å². The van der Waals surface area contributed by atoms with Gasteiger partial charge >= 0.3 is 0 Å². The van der Waals surface area contributed by atoms with Gasteiger partial charge in [-0.3, -0.25) is 5.73 Å². The maximum absolute atomic E-state index is 13.9. The Bertz CT molecular complexity index is 394. The van der Waals surface area contributed by atoms with Gasteiger partial charge in [0.2, 0.25) is 5.79 Å². The molecule has 3 N–H and O–H groups in total. The molecule has 1 saturated heterocycles. The van der Waals surface area contributed by atoms with Crippen LogP contribution in [0.3, 0.4) is 0 Å². The van der Waals surface area contributed by atoms with Crippen LogP contribution in [0.4, 0.5) is 8.78 Å². The number of ether oxygens (including phenoxy) is 3. The van der Waals surface area contributed by atoms with Crippen molar-refractivity contribution >= 4 is 0 Å². The van der Waals surface area contributed by atoms with Crippen LogP contribution in [0.15, 0.2) is 0 Å². The van der Waals surface area contributed by atoms with E-state index in [2.05, 4.69) is 5.32 Å². The first-order valence-corrected chi connectivity index (χ1v) is 7.27. The van der Waals surface area contributed by atoms with Gasteiger partial charge in [0.25, 0.3) is 5.92 Å². The Morgan fingerprint density at radius 3 is 2.29 bits per heavy atom. The number of hydrogen-bond acceptors (Lipinski definition) is 5. The van der Waals surface area contributed by atoms with Crippen LogP contribution in [0.25, 0.3) is 0 Å². The number of methoxy groups -OCH3 is 2. The van der Waals surface area contributed by atoms with Crippen molar-refractivity contribution in [3.8, 4) is 0 Å². The van der Waals surface area contributed by atoms with Gasteiger partial charge in [-0.15, -0.1) is 0 Å². The molecule has 1 heterocycles. The second kappa shape index (κ2) is 5.38. The Morgan fingerprint density at radius 2 is 1.86 bits per heavy atom. The summed E-state index contributed by atoms with van der Waals surface area (Å²) >= 11 is 0. The molecule has 1 aliphatic heterocycles. The van der Waals surface area contributed by atoms with E-state index in [1.54, 1.807) is 13.8 Å². The predicted molar refractivity (Wildman–Crippen MR) is 74.0 cm³/mol. The van der Waals surface area contributed by atoms with Crippen LogP contribution in [-0.4, -0.2) is 50.8 Å². The van der Waals surface area contributed by atoms with E-state index in [1.165, 1.54) is 14.2 Å². The first kappa shape index (κ1) is 17.0. The number of halogens is 2. The van der Waals surface area contributed by atoms with Gasteiger partial charge in [0, 0.05) is 39.1 Å². The number of alkyl halides is 2. The average Bonchev–Trinajstić information content (AvgIpc) is 2.46. The highest BCUT2D eigenvalue weighted by Gasteiger charge is 2.63. The third-order valence-electron chi connectivity index (χ3n) is 5.25. The van der Waals surface area contributed by atoms with Crippen LogP contribution in [0, 0.1) is 5.41 Å². The first-order chi connectivity index (χ1) is 9.61. The van der Waals surface area contributed by atoms with E-state index >= 15 is 0 Å². The summed E-state index contributed by atoms with van der Waals surface area (Å²) < 4.78 is 44.3. The van der Waals surface area contributed by atoms with Gasteiger partial charge in [0.1, 0.15) is 0 Å². The number of nitrogens with two attached hydrogens (primary N) is 1. The largest absolute Gasteiger partial charge is 0.359 e. The van der Waals surface area contributed by atoms with Crippen LogP contribution < -0.4 is 11.1 Å². The Labute approximate surface area is 124 Å². The van der Waals surface area contributed by atoms with Gasteiger partial charge in [0.05, 0.1) is 6.10 Å². The molecule has 124 valence electrons. The number of nitrogens with one attached hydrogen (secondary N) is 1. The maximum atomic E-state index is 13.9. The summed E-state index contributed by atoms with van der Waals surface area (Å²) in [7, 11) is 2.93. The molecule has 2 aliphatic rings. The van der Waals surface area contributed by atoms with E-state index in [-0.39, 0.29) is 6.42 Å². The number of hydrogen-bond donors (Lipinski definition) is 2. The van der Waals surface area contributed by atoms with E-state index in [4.69, 9.17) is 19.9 Å². The van der Waals surface area contributed by atoms with E-state index in [1.807, 2.05) is 0 Å². The molecule has 2 rings (SSSR count). The standard InChI is InChI=1S/C14H26F2N2O3/c1-11(17,19-3)12(2,20-4)21-10-7-13(9-18-8-10)5-6-14(13,15)16/h10,18H,5-9,17H2,1-4H3. The molecular formula is C14H26F2N2O3. The molecule has 0 aromatic carbocycles. The third-order valence-corrected chi connectivity index (χ3v) is 5.25. The fraction of sp³-hybridized carbons (Fsp3) is 1.00. The average molecular weight is 308 g/mol. The summed E-state index contributed by atoms with van der Waals surface area (Å²) in [5, 5.41) is 3.06. The maximum Gasteiger partial charge on any atom is 0.255 e. The van der Waals surface area contributed by atoms with Crippen molar-refractivity contribution in [1.82, 2.24) is 5.32 Å². The van der Waals surface area contributed by atoms with E-state index < -0.39 is 29.0 Å². The molecule has 7 heteroatoms. The zero-order valence-electron chi connectivity index (χ0n) is 13.2. The molecule has 0 bridgehead atoms. The molecule has 0 aromatic rings. The molecular weight excluding hydrogens is 282 g/mol. The van der Waals surface area contributed by atoms with Gasteiger partial charge in [-0.25, -0.2) is 8.78 Å². The van der Waals surface area contributed by atoms with Gasteiger partial charge in [-0.2, -0.15) is 0 Å². The van der Waals surface area contributed by atoms with Crippen LogP contribution in [0.2, 0.25) is 0 Å². The molecule has 1 aliphatic carbocycles. The second-order valence-electron chi connectivity index (χ2n) is 6.52. The van der Waals surface area contributed by atoms with Crippen molar-refractivity contribution in [1.29, 1.82) is 0 Å². The SMILES string of the molecule is COC(C)(N)C(C)(OC)OC1CNCC2(CCC2(F)F)C1. The summed E-state index contributed by atoms with van der Waals surface area (Å²) in [6.07, 6.45) is 0.371. The van der Waals surface area contributed by atoms with Crippen LogP contribution in [0.5, 0.6) is 0 Å². The van der Waals surface area contributed by atoms with Crippen LogP contribution in [-0.2, 0) is 14.2 Å². The van der Waals surface area contributed by atoms with Crippen molar-refractivity contribution in [3.63, 3.8) is 0 Å². The van der Waals surface area contributed by atoms with Crippen molar-refractivity contribution in [2.45, 2.75) is 56.6 Å². The minimum Gasteiger partial charge on any atom is -0.359 e. The van der Waals surface area contributed by atoms with E-state index in [0.717, 1.165) is 0 Å². The molecule has 2 fully saturated rings. The van der Waals surface area contributed by atoms with Crippen LogP contribution in [0.1, 0.15) is 33.1 Å². The summed E-state index contributed by atoms with van der Waals surface area (Å²) in [4.78, 5) is 0. The molecule has 4 atom stereocenters. The minimum atomic E-state index is -2.63. The summed E-state index contributed by atoms with van der Waals surface area (Å²) in [6.45, 7) is 4.13. The van der Waals surface area contributed by atoms with Crippen molar-refractivity contribution < 1.29 is 23.0 Å². The molecule has 5 nitrogen and oxygen atoms in total. The lowest BCUT2D eigenvalue weighted by Gasteiger charge is -2.54. The molecule has 1 spiro atoms. The highest BCUT2D eigenvalue weighted by Crippen LogP contribution is 2.57. The fourth-order valence-electron chi connectivity index (χ4n) is 3.14. The number of rotatable bonds is 5. The smallest absolute Gasteiger partial charge is 0.255 e. The van der Waals surface area contributed by atoms with Crippen LogP contribution >= 0.6 is 0 Å². The first-order valence-electron chi connectivity index (χ1n) is 7.27. The van der Waals surface area contributed by atoms with Crippen molar-refractivity contribution in [2.24, 2.45) is 11.1 Å². The Balaban J connectivity index is 2.09. The number of piperidine rings is 1. The van der Waals surface area contributed by atoms with Gasteiger partial charge in [-0.1, -0.05) is 0 Å². The van der Waals surface area contributed by atoms with E-state index in [9.17, 15) is 8.78 Å². The summed E-state index contributed by atoms with van der Waals surface area (Å²) in [5.41, 5.74) is 3.87. The Hall–Kier alpha value is -0.340. The molecule has 0 radical (unpaired) electrons. The molecule has 1 saturated carbocycles. The molecule has 4 unspecified atom stereocenters. The minimum absolute atomic E-state index is 0.0460. The monoisotopic (exact) mass is 308 g/mol. The zero-order valence-corrected chi connectivity index (χ0v) is 13.2.